The molecule has 1 saturated heterocycles. The van der Waals surface area contributed by atoms with E-state index in [1.807, 2.05) is 0 Å². The zero-order valence-electron chi connectivity index (χ0n) is 11.2. The molecule has 1 N–H and O–H groups in total. The van der Waals surface area contributed by atoms with E-state index in [-0.39, 0.29) is 0 Å². The van der Waals surface area contributed by atoms with Crippen LogP contribution in [0.3, 0.4) is 0 Å². The van der Waals surface area contributed by atoms with Crippen molar-refractivity contribution in [1.29, 1.82) is 0 Å². The van der Waals surface area contributed by atoms with Crippen molar-refractivity contribution in [3.05, 3.63) is 0 Å². The number of nitrogens with zero attached hydrogens (tertiary/aromatic N) is 1. The summed E-state index contributed by atoms with van der Waals surface area (Å²) in [5.74, 6) is 0.753. The second-order valence-electron chi connectivity index (χ2n) is 5.09. The average Bonchev–Trinajstić information content (AvgIpc) is 2.27. The normalized spacial score (nSPS) is 19.5. The van der Waals surface area contributed by atoms with Gasteiger partial charge in [0, 0.05) is 32.8 Å². The molecule has 1 fully saturated rings. The molecule has 0 aromatic carbocycles. The van der Waals surface area contributed by atoms with Gasteiger partial charge >= 0.3 is 0 Å². The Kier molecular flexibility index (Phi) is 7.01. The van der Waals surface area contributed by atoms with Crippen molar-refractivity contribution in [3.63, 3.8) is 0 Å². The van der Waals surface area contributed by atoms with Gasteiger partial charge in [-0.2, -0.15) is 0 Å². The first-order valence-electron chi connectivity index (χ1n) is 6.77. The molecule has 0 spiro atoms. The highest BCUT2D eigenvalue weighted by molar-refractivity contribution is 4.72. The average molecular weight is 228 g/mol. The molecule has 0 aliphatic carbocycles. The van der Waals surface area contributed by atoms with Gasteiger partial charge in [0.15, 0.2) is 0 Å². The van der Waals surface area contributed by atoms with Gasteiger partial charge in [-0.05, 0) is 32.2 Å². The Labute approximate surface area is 101 Å². The Balaban J connectivity index is 1.99. The third kappa shape index (κ3) is 5.83. The summed E-state index contributed by atoms with van der Waals surface area (Å²) in [6.45, 7) is 13.3. The summed E-state index contributed by atoms with van der Waals surface area (Å²) in [7, 11) is 0. The second-order valence-corrected chi connectivity index (χ2v) is 5.09. The van der Waals surface area contributed by atoms with Crippen LogP contribution in [0.5, 0.6) is 0 Å². The third-order valence-corrected chi connectivity index (χ3v) is 3.09. The fraction of sp³-hybridized carbons (Fsp3) is 1.00. The molecule has 1 aliphatic rings. The molecular formula is C13H28N2O. The number of hydrogen-bond donors (Lipinski definition) is 1. The first-order valence-corrected chi connectivity index (χ1v) is 6.77. The van der Waals surface area contributed by atoms with Crippen LogP contribution in [0.25, 0.3) is 0 Å². The number of ether oxygens (including phenoxy) is 1. The second kappa shape index (κ2) is 8.04. The van der Waals surface area contributed by atoms with Crippen LogP contribution in [0, 0.1) is 5.92 Å². The summed E-state index contributed by atoms with van der Waals surface area (Å²) in [6.07, 6.45) is 2.93. The van der Waals surface area contributed by atoms with E-state index < -0.39 is 0 Å². The molecule has 0 aromatic rings. The van der Waals surface area contributed by atoms with Gasteiger partial charge in [0.25, 0.3) is 0 Å². The van der Waals surface area contributed by atoms with Gasteiger partial charge in [-0.15, -0.1) is 0 Å². The number of rotatable bonds is 7. The van der Waals surface area contributed by atoms with Gasteiger partial charge in [-0.1, -0.05) is 13.8 Å². The van der Waals surface area contributed by atoms with Crippen LogP contribution in [0.1, 0.15) is 33.6 Å². The van der Waals surface area contributed by atoms with E-state index in [1.165, 1.54) is 32.5 Å². The summed E-state index contributed by atoms with van der Waals surface area (Å²) >= 11 is 0. The van der Waals surface area contributed by atoms with E-state index in [0.717, 1.165) is 25.6 Å². The molecule has 3 heteroatoms. The zero-order valence-corrected chi connectivity index (χ0v) is 11.2. The topological polar surface area (TPSA) is 24.5 Å². The minimum Gasteiger partial charge on any atom is -0.378 e. The molecule has 0 bridgehead atoms. The molecule has 0 radical (unpaired) electrons. The fourth-order valence-corrected chi connectivity index (χ4v) is 2.16. The maximum absolute atomic E-state index is 5.65. The molecular weight excluding hydrogens is 200 g/mol. The highest BCUT2D eigenvalue weighted by Crippen LogP contribution is 2.12. The summed E-state index contributed by atoms with van der Waals surface area (Å²) in [5.41, 5.74) is 0. The van der Waals surface area contributed by atoms with Crippen LogP contribution in [0.15, 0.2) is 0 Å². The predicted molar refractivity (Wildman–Crippen MR) is 68.8 cm³/mol. The molecule has 1 aliphatic heterocycles. The zero-order chi connectivity index (χ0) is 11.8. The van der Waals surface area contributed by atoms with Crippen LogP contribution in [-0.2, 0) is 4.74 Å². The molecule has 3 nitrogen and oxygen atoms in total. The van der Waals surface area contributed by atoms with Crippen molar-refractivity contribution in [3.8, 4) is 0 Å². The fourth-order valence-electron chi connectivity index (χ4n) is 2.16. The number of piperidine rings is 1. The monoisotopic (exact) mass is 228 g/mol. The smallest absolute Gasteiger partial charge is 0.0599 e. The molecule has 0 aromatic heterocycles. The van der Waals surface area contributed by atoms with Crippen molar-refractivity contribution in [1.82, 2.24) is 10.2 Å². The van der Waals surface area contributed by atoms with Crippen LogP contribution in [0.2, 0.25) is 0 Å². The highest BCUT2D eigenvalue weighted by Gasteiger charge is 2.18. The summed E-state index contributed by atoms with van der Waals surface area (Å²) in [4.78, 5) is 2.54. The first kappa shape index (κ1) is 13.9. The first-order chi connectivity index (χ1) is 7.72. The lowest BCUT2D eigenvalue weighted by Crippen LogP contribution is -2.40. The van der Waals surface area contributed by atoms with Crippen molar-refractivity contribution in [2.75, 3.05) is 39.3 Å². The van der Waals surface area contributed by atoms with Crippen LogP contribution < -0.4 is 5.32 Å². The van der Waals surface area contributed by atoms with Gasteiger partial charge < -0.3 is 15.0 Å². The molecule has 96 valence electrons. The maximum atomic E-state index is 5.65. The Morgan fingerprint density at radius 1 is 1.31 bits per heavy atom. The van der Waals surface area contributed by atoms with E-state index in [4.69, 9.17) is 4.74 Å². The number of likely N-dealkylation sites (tertiary alicyclic amines) is 1. The SMILES string of the molecule is CCOC1CCN(CCNCC(C)C)CC1. The predicted octanol–water partition coefficient (Wildman–Crippen LogP) is 1.73. The quantitative estimate of drug-likeness (QED) is 0.672. The van der Waals surface area contributed by atoms with Gasteiger partial charge in [-0.25, -0.2) is 0 Å². The van der Waals surface area contributed by atoms with E-state index >= 15 is 0 Å². The van der Waals surface area contributed by atoms with E-state index in [0.29, 0.717) is 6.10 Å². The standard InChI is InChI=1S/C13H28N2O/c1-4-16-13-5-8-15(9-6-13)10-7-14-11-12(2)3/h12-14H,4-11H2,1-3H3. The summed E-state index contributed by atoms with van der Waals surface area (Å²) in [6, 6.07) is 0. The van der Waals surface area contributed by atoms with Crippen LogP contribution in [0.4, 0.5) is 0 Å². The molecule has 0 saturated carbocycles. The van der Waals surface area contributed by atoms with Crippen molar-refractivity contribution < 1.29 is 4.74 Å². The molecule has 0 unspecified atom stereocenters. The molecule has 0 amide bonds. The minimum absolute atomic E-state index is 0.518. The van der Waals surface area contributed by atoms with Crippen molar-refractivity contribution >= 4 is 0 Å². The van der Waals surface area contributed by atoms with Crippen LogP contribution >= 0.6 is 0 Å². The molecule has 1 rings (SSSR count). The largest absolute Gasteiger partial charge is 0.378 e. The molecule has 0 atom stereocenters. The van der Waals surface area contributed by atoms with Crippen LogP contribution in [-0.4, -0.2) is 50.3 Å². The third-order valence-electron chi connectivity index (χ3n) is 3.09. The van der Waals surface area contributed by atoms with E-state index in [1.54, 1.807) is 0 Å². The van der Waals surface area contributed by atoms with E-state index in [9.17, 15) is 0 Å². The Morgan fingerprint density at radius 3 is 2.56 bits per heavy atom. The van der Waals surface area contributed by atoms with Gasteiger partial charge in [0.1, 0.15) is 0 Å². The molecule has 16 heavy (non-hydrogen) atoms. The lowest BCUT2D eigenvalue weighted by molar-refractivity contribution is 0.0145. The Bertz CT molecular complexity index is 165. The highest BCUT2D eigenvalue weighted by atomic mass is 16.5. The number of nitrogens with one attached hydrogen (secondary N) is 1. The Hall–Kier alpha value is -0.120. The van der Waals surface area contributed by atoms with Gasteiger partial charge in [0.05, 0.1) is 6.10 Å². The van der Waals surface area contributed by atoms with Crippen molar-refractivity contribution in [2.24, 2.45) is 5.92 Å². The summed E-state index contributed by atoms with van der Waals surface area (Å²) in [5, 5.41) is 3.50. The van der Waals surface area contributed by atoms with E-state index in [2.05, 4.69) is 31.0 Å². The Morgan fingerprint density at radius 2 is 2.00 bits per heavy atom. The van der Waals surface area contributed by atoms with Gasteiger partial charge in [-0.3, -0.25) is 0 Å². The van der Waals surface area contributed by atoms with Crippen molar-refractivity contribution in [2.45, 2.75) is 39.7 Å². The maximum Gasteiger partial charge on any atom is 0.0599 e. The lowest BCUT2D eigenvalue weighted by atomic mass is 10.1. The summed E-state index contributed by atoms with van der Waals surface area (Å²) < 4.78 is 5.65. The molecule has 1 heterocycles. The number of hydrogen-bond acceptors (Lipinski definition) is 3. The minimum atomic E-state index is 0.518. The lowest BCUT2D eigenvalue weighted by Gasteiger charge is -2.31. The van der Waals surface area contributed by atoms with Gasteiger partial charge in [0.2, 0.25) is 0 Å².